The highest BCUT2D eigenvalue weighted by molar-refractivity contribution is 9.10. The molecule has 2 heteroatoms. The molecule has 136 valence electrons. The summed E-state index contributed by atoms with van der Waals surface area (Å²) >= 11 is 7.22. The normalized spacial score (nSPS) is 14.2. The third-order valence-electron chi connectivity index (χ3n) is 5.78. The second-order valence-electron chi connectivity index (χ2n) is 7.25. The fourth-order valence-corrected chi connectivity index (χ4v) is 5.15. The molecule has 0 spiro atoms. The van der Waals surface area contributed by atoms with Crippen LogP contribution in [0, 0.1) is 0 Å². The van der Waals surface area contributed by atoms with Crippen molar-refractivity contribution >= 4 is 31.9 Å². The summed E-state index contributed by atoms with van der Waals surface area (Å²) in [6.45, 7) is 0. The Labute approximate surface area is 182 Å². The van der Waals surface area contributed by atoms with E-state index in [-0.39, 0.29) is 5.41 Å². The maximum atomic E-state index is 3.61. The Balaban J connectivity index is 1.94. The van der Waals surface area contributed by atoms with Crippen molar-refractivity contribution < 1.29 is 0 Å². The molecule has 0 saturated heterocycles. The van der Waals surface area contributed by atoms with Crippen molar-refractivity contribution in [1.29, 1.82) is 0 Å². The van der Waals surface area contributed by atoms with Gasteiger partial charge >= 0.3 is 0 Å². The van der Waals surface area contributed by atoms with Gasteiger partial charge in [0.25, 0.3) is 0 Å². The standard InChI is InChI=1S/C26H18Br2/c27-22-13-9-20(10-14-22)26(21-11-15-23(28)16-12-21)24-7-3-1-5-18(24)17-19-6-2-4-8-25(19)26/h1-16H,17H2. The molecule has 0 heterocycles. The van der Waals surface area contributed by atoms with Gasteiger partial charge in [0.1, 0.15) is 0 Å². The molecule has 1 aliphatic carbocycles. The van der Waals surface area contributed by atoms with Crippen molar-refractivity contribution in [2.75, 3.05) is 0 Å². The summed E-state index contributed by atoms with van der Waals surface area (Å²) in [5.74, 6) is 0. The Morgan fingerprint density at radius 2 is 0.893 bits per heavy atom. The van der Waals surface area contributed by atoms with E-state index < -0.39 is 0 Å². The summed E-state index contributed by atoms with van der Waals surface area (Å²) in [6.07, 6.45) is 0.973. The summed E-state index contributed by atoms with van der Waals surface area (Å²) in [6, 6.07) is 35.4. The van der Waals surface area contributed by atoms with Gasteiger partial charge < -0.3 is 0 Å². The van der Waals surface area contributed by atoms with Crippen molar-refractivity contribution in [3.05, 3.63) is 139 Å². The van der Waals surface area contributed by atoms with Gasteiger partial charge in [0.05, 0.1) is 5.41 Å². The van der Waals surface area contributed by atoms with Crippen LogP contribution in [0.25, 0.3) is 0 Å². The van der Waals surface area contributed by atoms with Crippen LogP contribution in [-0.2, 0) is 11.8 Å². The molecule has 0 fully saturated rings. The van der Waals surface area contributed by atoms with Gasteiger partial charge in [0.2, 0.25) is 0 Å². The van der Waals surface area contributed by atoms with E-state index in [1.165, 1.54) is 33.4 Å². The molecule has 4 aromatic rings. The van der Waals surface area contributed by atoms with Crippen LogP contribution in [0.5, 0.6) is 0 Å². The summed E-state index contributed by atoms with van der Waals surface area (Å²) < 4.78 is 2.19. The number of hydrogen-bond acceptors (Lipinski definition) is 0. The Morgan fingerprint density at radius 3 is 1.32 bits per heavy atom. The fraction of sp³-hybridized carbons (Fsp3) is 0.0769. The van der Waals surface area contributed by atoms with Crippen LogP contribution >= 0.6 is 31.9 Å². The van der Waals surface area contributed by atoms with Gasteiger partial charge in [-0.15, -0.1) is 0 Å². The van der Waals surface area contributed by atoms with Gasteiger partial charge in [-0.25, -0.2) is 0 Å². The van der Waals surface area contributed by atoms with E-state index in [0.29, 0.717) is 0 Å². The third kappa shape index (κ3) is 2.70. The van der Waals surface area contributed by atoms with Crippen molar-refractivity contribution in [2.45, 2.75) is 11.8 Å². The van der Waals surface area contributed by atoms with Crippen LogP contribution in [0.15, 0.2) is 106 Å². The molecule has 4 aromatic carbocycles. The molecular formula is C26H18Br2. The quantitative estimate of drug-likeness (QED) is 0.241. The number of halogens is 2. The number of fused-ring (bicyclic) bond motifs is 2. The number of benzene rings is 4. The molecule has 0 N–H and O–H groups in total. The second-order valence-corrected chi connectivity index (χ2v) is 9.09. The van der Waals surface area contributed by atoms with Crippen LogP contribution in [0.1, 0.15) is 33.4 Å². The van der Waals surface area contributed by atoms with Crippen LogP contribution in [0.3, 0.4) is 0 Å². The van der Waals surface area contributed by atoms with Gasteiger partial charge in [-0.05, 0) is 64.1 Å². The summed E-state index contributed by atoms with van der Waals surface area (Å²) in [4.78, 5) is 0. The lowest BCUT2D eigenvalue weighted by molar-refractivity contribution is 0.703. The molecule has 0 saturated carbocycles. The number of hydrogen-bond donors (Lipinski definition) is 0. The summed E-state index contributed by atoms with van der Waals surface area (Å²) in [5.41, 5.74) is 7.79. The molecule has 0 amide bonds. The number of rotatable bonds is 2. The summed E-state index contributed by atoms with van der Waals surface area (Å²) in [7, 11) is 0. The smallest absolute Gasteiger partial charge is 0.0620 e. The van der Waals surface area contributed by atoms with Gasteiger partial charge in [0, 0.05) is 8.95 Å². The average molecular weight is 490 g/mol. The fourth-order valence-electron chi connectivity index (χ4n) is 4.62. The van der Waals surface area contributed by atoms with Crippen LogP contribution < -0.4 is 0 Å². The Kier molecular flexibility index (Phi) is 4.49. The van der Waals surface area contributed by atoms with E-state index in [1.54, 1.807) is 0 Å². The first-order valence-electron chi connectivity index (χ1n) is 9.38. The zero-order chi connectivity index (χ0) is 19.1. The third-order valence-corrected chi connectivity index (χ3v) is 6.84. The Bertz CT molecular complexity index is 1050. The molecule has 0 atom stereocenters. The second kappa shape index (κ2) is 7.02. The minimum atomic E-state index is -0.327. The predicted molar refractivity (Wildman–Crippen MR) is 123 cm³/mol. The van der Waals surface area contributed by atoms with Crippen LogP contribution in [0.2, 0.25) is 0 Å². The van der Waals surface area contributed by atoms with Crippen molar-refractivity contribution in [1.82, 2.24) is 0 Å². The van der Waals surface area contributed by atoms with Gasteiger partial charge in [-0.1, -0.05) is 105 Å². The molecular weight excluding hydrogens is 472 g/mol. The topological polar surface area (TPSA) is 0 Å². The zero-order valence-electron chi connectivity index (χ0n) is 15.2. The SMILES string of the molecule is Brc1ccc(C2(c3ccc(Br)cc3)c3ccccc3Cc3ccccc32)cc1. The van der Waals surface area contributed by atoms with E-state index in [1.807, 2.05) is 0 Å². The first-order chi connectivity index (χ1) is 13.7. The molecule has 0 nitrogen and oxygen atoms in total. The average Bonchev–Trinajstić information content (AvgIpc) is 2.73. The lowest BCUT2D eigenvalue weighted by Gasteiger charge is -2.42. The van der Waals surface area contributed by atoms with Crippen LogP contribution in [0.4, 0.5) is 0 Å². The maximum absolute atomic E-state index is 3.61. The molecule has 5 rings (SSSR count). The maximum Gasteiger partial charge on any atom is 0.0707 e. The molecule has 0 radical (unpaired) electrons. The largest absolute Gasteiger partial charge is 0.0707 e. The van der Waals surface area contributed by atoms with Gasteiger partial charge in [0.15, 0.2) is 0 Å². The molecule has 0 aliphatic heterocycles. The summed E-state index contributed by atoms with van der Waals surface area (Å²) in [5, 5.41) is 0. The van der Waals surface area contributed by atoms with Gasteiger partial charge in [-0.3, -0.25) is 0 Å². The van der Waals surface area contributed by atoms with E-state index in [9.17, 15) is 0 Å². The molecule has 28 heavy (non-hydrogen) atoms. The molecule has 0 aromatic heterocycles. The lowest BCUT2D eigenvalue weighted by Crippen LogP contribution is -2.36. The van der Waals surface area contributed by atoms with E-state index >= 15 is 0 Å². The van der Waals surface area contributed by atoms with Crippen molar-refractivity contribution in [3.8, 4) is 0 Å². The first kappa shape index (κ1) is 17.9. The minimum Gasteiger partial charge on any atom is -0.0620 e. The van der Waals surface area contributed by atoms with E-state index in [4.69, 9.17) is 0 Å². The van der Waals surface area contributed by atoms with Gasteiger partial charge in [-0.2, -0.15) is 0 Å². The minimum absolute atomic E-state index is 0.327. The molecule has 0 bridgehead atoms. The highest BCUT2D eigenvalue weighted by atomic mass is 79.9. The van der Waals surface area contributed by atoms with E-state index in [2.05, 4.69) is 129 Å². The lowest BCUT2D eigenvalue weighted by atomic mass is 9.60. The molecule has 1 aliphatic rings. The molecule has 0 unspecified atom stereocenters. The van der Waals surface area contributed by atoms with Crippen molar-refractivity contribution in [2.24, 2.45) is 0 Å². The van der Waals surface area contributed by atoms with Crippen molar-refractivity contribution in [3.63, 3.8) is 0 Å². The van der Waals surface area contributed by atoms with E-state index in [0.717, 1.165) is 15.4 Å². The predicted octanol–water partition coefficient (Wildman–Crippen LogP) is 7.50. The monoisotopic (exact) mass is 488 g/mol. The zero-order valence-corrected chi connectivity index (χ0v) is 18.4. The first-order valence-corrected chi connectivity index (χ1v) is 11.0. The highest BCUT2D eigenvalue weighted by Crippen LogP contribution is 2.50. The highest BCUT2D eigenvalue weighted by Gasteiger charge is 2.43. The van der Waals surface area contributed by atoms with Crippen LogP contribution in [-0.4, -0.2) is 0 Å². The Hall–Kier alpha value is -2.16. The Morgan fingerprint density at radius 1 is 0.500 bits per heavy atom.